The van der Waals surface area contributed by atoms with E-state index in [1.807, 2.05) is 24.3 Å². The van der Waals surface area contributed by atoms with E-state index in [9.17, 15) is 9.59 Å². The monoisotopic (exact) mass is 390 g/mol. The smallest absolute Gasteiger partial charge is 0.319 e. The molecular weight excluding hydrogens is 376 g/mol. The summed E-state index contributed by atoms with van der Waals surface area (Å²) in [5, 5.41) is 11.8. The molecule has 124 valence electrons. The summed E-state index contributed by atoms with van der Waals surface area (Å²) in [5.41, 5.74) is 1.70. The zero-order valence-electron chi connectivity index (χ0n) is 13.0. The number of benzene rings is 1. The number of carbonyl (C=O) groups is 2. The van der Waals surface area contributed by atoms with Crippen LogP contribution >= 0.6 is 15.9 Å². The molecule has 0 radical (unpaired) electrons. The molecule has 8 heteroatoms. The van der Waals surface area contributed by atoms with E-state index in [0.29, 0.717) is 22.8 Å². The van der Waals surface area contributed by atoms with E-state index >= 15 is 0 Å². The summed E-state index contributed by atoms with van der Waals surface area (Å²) >= 11 is 3.37. The van der Waals surface area contributed by atoms with Gasteiger partial charge in [-0.15, -0.1) is 0 Å². The van der Waals surface area contributed by atoms with Gasteiger partial charge in [0, 0.05) is 16.2 Å². The molecule has 0 fully saturated rings. The molecule has 2 aromatic rings. The number of aryl methyl sites for hydroxylation is 1. The van der Waals surface area contributed by atoms with Crippen LogP contribution in [0.15, 0.2) is 50.6 Å². The molecule has 1 aromatic carbocycles. The van der Waals surface area contributed by atoms with Crippen LogP contribution in [-0.4, -0.2) is 17.1 Å². The summed E-state index contributed by atoms with van der Waals surface area (Å²) in [7, 11) is 0. The number of nitrogens with zero attached hydrogens (tertiary/aromatic N) is 1. The summed E-state index contributed by atoms with van der Waals surface area (Å²) in [4.78, 5) is 24.5. The molecule has 1 aliphatic heterocycles. The van der Waals surface area contributed by atoms with E-state index in [4.69, 9.17) is 4.52 Å². The third-order valence-electron chi connectivity index (χ3n) is 3.59. The highest BCUT2D eigenvalue weighted by Gasteiger charge is 2.31. The van der Waals surface area contributed by atoms with Crippen LogP contribution in [0.2, 0.25) is 0 Å². The van der Waals surface area contributed by atoms with Crippen LogP contribution in [0.4, 0.5) is 10.6 Å². The van der Waals surface area contributed by atoms with Crippen molar-refractivity contribution in [1.82, 2.24) is 15.8 Å². The predicted octanol–water partition coefficient (Wildman–Crippen LogP) is 3.01. The second-order valence-electron chi connectivity index (χ2n) is 5.40. The lowest BCUT2D eigenvalue weighted by molar-refractivity contribution is -0.113. The van der Waals surface area contributed by atoms with Gasteiger partial charge in [0.05, 0.1) is 11.6 Å². The molecule has 3 N–H and O–H groups in total. The molecule has 0 bridgehead atoms. The molecule has 2 heterocycles. The predicted molar refractivity (Wildman–Crippen MR) is 91.1 cm³/mol. The van der Waals surface area contributed by atoms with Crippen LogP contribution in [0, 0.1) is 6.92 Å². The highest BCUT2D eigenvalue weighted by molar-refractivity contribution is 9.10. The van der Waals surface area contributed by atoms with Gasteiger partial charge in [0.15, 0.2) is 5.82 Å². The lowest BCUT2D eigenvalue weighted by Gasteiger charge is -2.28. The number of urea groups is 1. The SMILES string of the molecule is CC1=C(C(=O)Nc2cc(C)on2)[C@@H](c2ccc(Br)cc2)NC(=O)N1. The molecule has 1 aromatic heterocycles. The second kappa shape index (κ2) is 6.48. The molecule has 3 rings (SSSR count). The standard InChI is InChI=1S/C16H15BrN4O3/c1-8-7-12(21-24-8)19-15(22)13-9(2)18-16(23)20-14(13)10-3-5-11(17)6-4-10/h3-7,14H,1-2H3,(H2,18,20,23)(H,19,21,22)/t14-/m1/s1. The Bertz CT molecular complexity index is 826. The summed E-state index contributed by atoms with van der Waals surface area (Å²) in [6.07, 6.45) is 0. The van der Waals surface area contributed by atoms with Gasteiger partial charge in [0.2, 0.25) is 0 Å². The minimum absolute atomic E-state index is 0.323. The topological polar surface area (TPSA) is 96.3 Å². The van der Waals surface area contributed by atoms with Crippen molar-refractivity contribution in [2.24, 2.45) is 0 Å². The highest BCUT2D eigenvalue weighted by atomic mass is 79.9. The van der Waals surface area contributed by atoms with Crippen molar-refractivity contribution in [3.05, 3.63) is 57.4 Å². The van der Waals surface area contributed by atoms with Gasteiger partial charge in [-0.3, -0.25) is 4.79 Å². The van der Waals surface area contributed by atoms with Crippen molar-refractivity contribution in [3.63, 3.8) is 0 Å². The summed E-state index contributed by atoms with van der Waals surface area (Å²) < 4.78 is 5.86. The molecule has 24 heavy (non-hydrogen) atoms. The van der Waals surface area contributed by atoms with Crippen LogP contribution in [0.3, 0.4) is 0 Å². The first kappa shape index (κ1) is 16.3. The fraction of sp³-hybridized carbons (Fsp3) is 0.188. The van der Waals surface area contributed by atoms with E-state index in [0.717, 1.165) is 10.0 Å². The van der Waals surface area contributed by atoms with Gasteiger partial charge in [0.1, 0.15) is 5.76 Å². The molecule has 1 aliphatic rings. The number of anilines is 1. The quantitative estimate of drug-likeness (QED) is 0.750. The van der Waals surface area contributed by atoms with Crippen LogP contribution in [-0.2, 0) is 4.79 Å². The van der Waals surface area contributed by atoms with Gasteiger partial charge in [0.25, 0.3) is 5.91 Å². The zero-order chi connectivity index (χ0) is 17.3. The molecule has 0 saturated carbocycles. The van der Waals surface area contributed by atoms with E-state index in [1.54, 1.807) is 19.9 Å². The van der Waals surface area contributed by atoms with Crippen molar-refractivity contribution in [3.8, 4) is 0 Å². The van der Waals surface area contributed by atoms with Crippen LogP contribution in [0.25, 0.3) is 0 Å². The minimum Gasteiger partial charge on any atom is -0.360 e. The first-order chi connectivity index (χ1) is 11.4. The minimum atomic E-state index is -0.556. The number of hydrogen-bond acceptors (Lipinski definition) is 4. The molecule has 7 nitrogen and oxygen atoms in total. The summed E-state index contributed by atoms with van der Waals surface area (Å²) in [6.45, 7) is 3.42. The van der Waals surface area contributed by atoms with Gasteiger partial charge in [-0.1, -0.05) is 33.2 Å². The Morgan fingerprint density at radius 2 is 2.00 bits per heavy atom. The number of rotatable bonds is 3. The zero-order valence-corrected chi connectivity index (χ0v) is 14.6. The maximum atomic E-state index is 12.7. The van der Waals surface area contributed by atoms with Gasteiger partial charge >= 0.3 is 6.03 Å². The Morgan fingerprint density at radius 1 is 1.29 bits per heavy atom. The molecular formula is C16H15BrN4O3. The van der Waals surface area contributed by atoms with Crippen LogP contribution in [0.1, 0.15) is 24.3 Å². The number of halogens is 1. The normalized spacial score (nSPS) is 17.3. The molecule has 0 saturated heterocycles. The fourth-order valence-corrected chi connectivity index (χ4v) is 2.77. The van der Waals surface area contributed by atoms with Crippen LogP contribution < -0.4 is 16.0 Å². The fourth-order valence-electron chi connectivity index (χ4n) is 2.51. The molecule has 0 unspecified atom stereocenters. The molecule has 0 spiro atoms. The van der Waals surface area contributed by atoms with Crippen molar-refractivity contribution in [2.45, 2.75) is 19.9 Å². The highest BCUT2D eigenvalue weighted by Crippen LogP contribution is 2.28. The molecule has 1 atom stereocenters. The van der Waals surface area contributed by atoms with Crippen molar-refractivity contribution < 1.29 is 14.1 Å². The first-order valence-corrected chi connectivity index (χ1v) is 8.02. The molecule has 3 amide bonds. The average molecular weight is 391 g/mol. The maximum absolute atomic E-state index is 12.7. The van der Waals surface area contributed by atoms with Crippen molar-refractivity contribution >= 4 is 33.7 Å². The van der Waals surface area contributed by atoms with Gasteiger partial charge in [-0.05, 0) is 31.5 Å². The van der Waals surface area contributed by atoms with Gasteiger partial charge in [-0.2, -0.15) is 0 Å². The number of carbonyl (C=O) groups excluding carboxylic acids is 2. The third kappa shape index (κ3) is 3.33. The lowest BCUT2D eigenvalue weighted by Crippen LogP contribution is -2.45. The number of aromatic nitrogens is 1. The Balaban J connectivity index is 1.94. The van der Waals surface area contributed by atoms with Crippen molar-refractivity contribution in [2.75, 3.05) is 5.32 Å². The second-order valence-corrected chi connectivity index (χ2v) is 6.31. The Kier molecular flexibility index (Phi) is 4.39. The summed E-state index contributed by atoms with van der Waals surface area (Å²) in [5.74, 6) is 0.556. The Hall–Kier alpha value is -2.61. The Morgan fingerprint density at radius 3 is 2.62 bits per heavy atom. The maximum Gasteiger partial charge on any atom is 0.319 e. The van der Waals surface area contributed by atoms with E-state index in [1.165, 1.54) is 0 Å². The average Bonchev–Trinajstić information content (AvgIpc) is 2.92. The summed E-state index contributed by atoms with van der Waals surface area (Å²) in [6, 6.07) is 8.12. The number of hydrogen-bond donors (Lipinski definition) is 3. The number of amides is 3. The van der Waals surface area contributed by atoms with E-state index < -0.39 is 6.04 Å². The van der Waals surface area contributed by atoms with Gasteiger partial charge in [-0.25, -0.2) is 4.79 Å². The van der Waals surface area contributed by atoms with Crippen molar-refractivity contribution in [1.29, 1.82) is 0 Å². The lowest BCUT2D eigenvalue weighted by atomic mass is 9.95. The van der Waals surface area contributed by atoms with E-state index in [2.05, 4.69) is 37.0 Å². The Labute approximate surface area is 146 Å². The third-order valence-corrected chi connectivity index (χ3v) is 4.12. The van der Waals surface area contributed by atoms with Crippen LogP contribution in [0.5, 0.6) is 0 Å². The van der Waals surface area contributed by atoms with E-state index in [-0.39, 0.29) is 11.9 Å². The number of allylic oxidation sites excluding steroid dienone is 1. The molecule has 0 aliphatic carbocycles. The first-order valence-electron chi connectivity index (χ1n) is 7.22. The number of nitrogens with one attached hydrogen (secondary N) is 3. The largest absolute Gasteiger partial charge is 0.360 e. The van der Waals surface area contributed by atoms with Gasteiger partial charge < -0.3 is 20.5 Å².